The van der Waals surface area contributed by atoms with Crippen molar-refractivity contribution in [3.8, 4) is 22.3 Å². The van der Waals surface area contributed by atoms with E-state index in [1.807, 2.05) is 70.5 Å². The minimum Gasteiger partial charge on any atom is -0.489 e. The number of hydrogen-bond acceptors (Lipinski definition) is 12. The lowest BCUT2D eigenvalue weighted by Crippen LogP contribution is -2.74. The molecule has 7 rings (SSSR count). The molecule has 1 saturated carbocycles. The summed E-state index contributed by atoms with van der Waals surface area (Å²) in [5.41, 5.74) is 4.15. The lowest BCUT2D eigenvalue weighted by Gasteiger charge is -2.63. The first-order valence-electron chi connectivity index (χ1n) is 23.8. The van der Waals surface area contributed by atoms with Crippen molar-refractivity contribution >= 4 is 52.4 Å². The van der Waals surface area contributed by atoms with E-state index >= 15 is 0 Å². The number of likely N-dealkylation sites (tertiary alicyclic amines) is 1. The number of carbonyl (C=O) groups is 4. The fourth-order valence-corrected chi connectivity index (χ4v) is 11.5. The number of piperazine rings is 1. The zero-order valence-electron chi connectivity index (χ0n) is 41.1. The fourth-order valence-electron chi connectivity index (χ4n) is 10.4. The quantitative estimate of drug-likeness (QED) is 0.0967. The lowest BCUT2D eigenvalue weighted by molar-refractivity contribution is -0.164. The first-order valence-corrected chi connectivity index (χ1v) is 25.0. The molecule has 4 N–H and O–H groups in total. The Hall–Kier alpha value is -5.60. The van der Waals surface area contributed by atoms with Gasteiger partial charge in [-0.25, -0.2) is 9.97 Å². The highest BCUT2D eigenvalue weighted by Gasteiger charge is 2.64. The number of ether oxygens (including phenoxy) is 1. The van der Waals surface area contributed by atoms with Gasteiger partial charge in [0.25, 0.3) is 5.91 Å². The molecule has 2 aromatic heterocycles. The second-order valence-corrected chi connectivity index (χ2v) is 22.3. The molecule has 2 aromatic carbocycles. The molecule has 4 heterocycles. The van der Waals surface area contributed by atoms with Crippen molar-refractivity contribution in [2.45, 2.75) is 118 Å². The number of amides is 4. The maximum atomic E-state index is 14.2. The Kier molecular flexibility index (Phi) is 15.4. The standard InChI is InChI=1S/C52H66ClN9O6S/c1-31(33-12-14-34(15-13-33)43-32(2)56-30-69-43)57-46(66)40-25-37(63)29-62(40)47(67)44(50(3,4)5)58-42(64)11-10-20-60-21-23-61(24-22-60)41-19-17-36(28-55-41)45(65)59-48-51(6,7)49(52(48,8)9)68-38-18-16-35(27-54)39(53)26-38/h12-19,26,28,30-31,37,40,44,48-49,63H,10-11,20-25,29H2,1-9H3,(H,57,66)(H,58,64)(H,59,65)/t31?,37-,40+,44?,48?,49?/m1/s1. The predicted molar refractivity (Wildman–Crippen MR) is 268 cm³/mol. The highest BCUT2D eigenvalue weighted by Crippen LogP contribution is 2.55. The largest absolute Gasteiger partial charge is 0.489 e. The number of carbonyl (C=O) groups excluding carboxylic acids is 4. The van der Waals surface area contributed by atoms with Crippen LogP contribution in [0, 0.1) is 34.5 Å². The number of aryl methyl sites for hydroxylation is 1. The number of pyridine rings is 1. The highest BCUT2D eigenvalue weighted by molar-refractivity contribution is 7.13. The molecule has 0 spiro atoms. The van der Waals surface area contributed by atoms with Crippen LogP contribution in [-0.2, 0) is 14.4 Å². The second kappa shape index (κ2) is 20.8. The summed E-state index contributed by atoms with van der Waals surface area (Å²) in [4.78, 5) is 70.9. The summed E-state index contributed by atoms with van der Waals surface area (Å²) in [7, 11) is 0. The van der Waals surface area contributed by atoms with Crippen LogP contribution in [0.1, 0.15) is 108 Å². The zero-order chi connectivity index (χ0) is 50.0. The van der Waals surface area contributed by atoms with E-state index in [1.54, 1.807) is 41.8 Å². The molecular weight excluding hydrogens is 914 g/mol. The van der Waals surface area contributed by atoms with E-state index in [2.05, 4.69) is 69.5 Å². The second-order valence-electron chi connectivity index (χ2n) is 21.0. The summed E-state index contributed by atoms with van der Waals surface area (Å²) in [6.07, 6.45) is 1.47. The van der Waals surface area contributed by atoms with Gasteiger partial charge in [0.05, 0.1) is 44.4 Å². The van der Waals surface area contributed by atoms with Crippen molar-refractivity contribution < 1.29 is 29.0 Å². The average molecular weight is 981 g/mol. The molecule has 4 atom stereocenters. The SMILES string of the molecule is Cc1ncsc1-c1ccc(C(C)NC(=O)[C@@H]2C[C@@H](O)CN2C(=O)C(NC(=O)CCCN2CCN(c3ccc(C(=O)NC4C(C)(C)C(Oc5ccc(C#N)c(Cl)c5)C4(C)C)cn3)CC2)C(C)(C)C)cc1. The van der Waals surface area contributed by atoms with Crippen molar-refractivity contribution in [2.75, 3.05) is 44.2 Å². The molecule has 2 unspecified atom stereocenters. The van der Waals surface area contributed by atoms with E-state index in [4.69, 9.17) is 16.3 Å². The highest BCUT2D eigenvalue weighted by atomic mass is 35.5. The van der Waals surface area contributed by atoms with Crippen LogP contribution in [0.3, 0.4) is 0 Å². The number of rotatable bonds is 15. The number of nitrogens with one attached hydrogen (secondary N) is 3. The molecule has 0 bridgehead atoms. The van der Waals surface area contributed by atoms with Gasteiger partial charge < -0.3 is 35.6 Å². The van der Waals surface area contributed by atoms with Gasteiger partial charge in [-0.3, -0.25) is 24.1 Å². The number of aromatic nitrogens is 2. The summed E-state index contributed by atoms with van der Waals surface area (Å²) >= 11 is 7.84. The Morgan fingerprint density at radius 2 is 1.68 bits per heavy atom. The van der Waals surface area contributed by atoms with Crippen LogP contribution in [0.5, 0.6) is 5.75 Å². The Labute approximate surface area is 415 Å². The van der Waals surface area contributed by atoms with Crippen LogP contribution in [-0.4, -0.2) is 118 Å². The van der Waals surface area contributed by atoms with E-state index < -0.39 is 34.4 Å². The number of halogens is 1. The molecule has 69 heavy (non-hydrogen) atoms. The van der Waals surface area contributed by atoms with Gasteiger partial charge in [-0.15, -0.1) is 11.3 Å². The molecule has 17 heteroatoms. The number of anilines is 1. The number of nitrogens with zero attached hydrogens (tertiary/aromatic N) is 6. The molecule has 4 amide bonds. The third kappa shape index (κ3) is 11.4. The van der Waals surface area contributed by atoms with Gasteiger partial charge in [0.1, 0.15) is 35.8 Å². The fraction of sp³-hybridized carbons (Fsp3) is 0.519. The van der Waals surface area contributed by atoms with Crippen molar-refractivity contribution in [3.05, 3.63) is 93.7 Å². The molecule has 4 aromatic rings. The number of hydrogen-bond donors (Lipinski definition) is 4. The molecule has 1 aliphatic carbocycles. The smallest absolute Gasteiger partial charge is 0.253 e. The van der Waals surface area contributed by atoms with Crippen LogP contribution in [0.15, 0.2) is 66.3 Å². The Morgan fingerprint density at radius 3 is 2.28 bits per heavy atom. The Morgan fingerprint density at radius 1 is 0.986 bits per heavy atom. The summed E-state index contributed by atoms with van der Waals surface area (Å²) < 4.78 is 6.37. The summed E-state index contributed by atoms with van der Waals surface area (Å²) in [5.74, 6) is 0.172. The van der Waals surface area contributed by atoms with E-state index in [9.17, 15) is 29.5 Å². The number of aliphatic hydroxyl groups excluding tert-OH is 1. The number of thiazole rings is 1. The van der Waals surface area contributed by atoms with Gasteiger partial charge >= 0.3 is 0 Å². The zero-order valence-corrected chi connectivity index (χ0v) is 42.7. The first kappa shape index (κ1) is 51.3. The van der Waals surface area contributed by atoms with Gasteiger partial charge in [-0.05, 0) is 67.6 Å². The van der Waals surface area contributed by atoms with Crippen LogP contribution in [0.2, 0.25) is 5.02 Å². The van der Waals surface area contributed by atoms with Crippen LogP contribution < -0.4 is 25.6 Å². The normalized spacial score (nSPS) is 21.9. The average Bonchev–Trinajstić information content (AvgIpc) is 3.93. The van der Waals surface area contributed by atoms with E-state index in [1.165, 1.54) is 4.90 Å². The molecule has 2 saturated heterocycles. The molecule has 15 nitrogen and oxygen atoms in total. The van der Waals surface area contributed by atoms with E-state index in [0.29, 0.717) is 34.9 Å². The number of nitriles is 1. The minimum absolute atomic E-state index is 0.00609. The topological polar surface area (TPSA) is 193 Å². The molecule has 3 aliphatic rings. The summed E-state index contributed by atoms with van der Waals surface area (Å²) in [6.45, 7) is 21.5. The van der Waals surface area contributed by atoms with E-state index in [-0.39, 0.29) is 61.2 Å². The Balaban J connectivity index is 0.850. The van der Waals surface area contributed by atoms with Gasteiger partial charge in [-0.2, -0.15) is 5.26 Å². The summed E-state index contributed by atoms with van der Waals surface area (Å²) in [5, 5.41) is 29.5. The third-order valence-electron chi connectivity index (χ3n) is 14.1. The van der Waals surface area contributed by atoms with Crippen LogP contribution in [0.25, 0.3) is 10.4 Å². The number of aliphatic hydroxyl groups is 1. The Bertz CT molecular complexity index is 2530. The molecule has 0 radical (unpaired) electrons. The predicted octanol–water partition coefficient (Wildman–Crippen LogP) is 6.92. The number of benzene rings is 2. The van der Waals surface area contributed by atoms with Crippen molar-refractivity contribution in [1.82, 2.24) is 35.7 Å². The first-order chi connectivity index (χ1) is 32.6. The van der Waals surface area contributed by atoms with Gasteiger partial charge in [0.2, 0.25) is 17.7 Å². The van der Waals surface area contributed by atoms with Crippen LogP contribution in [0.4, 0.5) is 5.82 Å². The molecule has 368 valence electrons. The summed E-state index contributed by atoms with van der Waals surface area (Å²) in [6, 6.07) is 16.5. The maximum absolute atomic E-state index is 14.2. The minimum atomic E-state index is -0.898. The maximum Gasteiger partial charge on any atom is 0.253 e. The molecule has 2 aliphatic heterocycles. The third-order valence-corrected chi connectivity index (χ3v) is 15.4. The molecular formula is C52H66ClN9O6S. The lowest BCUT2D eigenvalue weighted by atomic mass is 9.49. The van der Waals surface area contributed by atoms with Crippen molar-refractivity contribution in [2.24, 2.45) is 16.2 Å². The number of β-amino-alcohol motifs (C(OH)–C–C–N with tert-alkyl or cyclic N) is 1. The van der Waals surface area contributed by atoms with Crippen molar-refractivity contribution in [3.63, 3.8) is 0 Å². The van der Waals surface area contributed by atoms with Crippen LogP contribution >= 0.6 is 22.9 Å². The van der Waals surface area contributed by atoms with Gasteiger partial charge in [0, 0.05) is 74.7 Å². The monoisotopic (exact) mass is 979 g/mol. The van der Waals surface area contributed by atoms with Gasteiger partial charge in [0.15, 0.2) is 0 Å². The molecule has 3 fully saturated rings. The van der Waals surface area contributed by atoms with E-state index in [0.717, 1.165) is 53.7 Å². The van der Waals surface area contributed by atoms with Gasteiger partial charge in [-0.1, -0.05) is 84.3 Å². The van der Waals surface area contributed by atoms with Crippen molar-refractivity contribution in [1.29, 1.82) is 5.26 Å².